The average molecular weight is 924 g/mol. The van der Waals surface area contributed by atoms with E-state index < -0.39 is 47.9 Å². The van der Waals surface area contributed by atoms with E-state index in [9.17, 15) is 30.3 Å². The predicted octanol–water partition coefficient (Wildman–Crippen LogP) is 8.88. The van der Waals surface area contributed by atoms with E-state index in [2.05, 4.69) is 41.1 Å². The topological polar surface area (TPSA) is 189 Å². The molecule has 1 fully saturated rings. The number of phenols is 2. The first-order valence-corrected chi connectivity index (χ1v) is 24.6. The Kier molecular flexibility index (Phi) is 12.0. The normalized spacial score (nSPS) is 27.3. The molecule has 6 N–H and O–H groups in total. The van der Waals surface area contributed by atoms with Crippen LogP contribution in [0.4, 0.5) is 5.82 Å². The second kappa shape index (κ2) is 18.4. The summed E-state index contributed by atoms with van der Waals surface area (Å²) in [5, 5.41) is 63.3. The fourth-order valence-corrected chi connectivity index (χ4v) is 12.1. The third kappa shape index (κ3) is 8.53. The third-order valence-corrected chi connectivity index (χ3v) is 15.7. The molecule has 0 radical (unpaired) electrons. The van der Waals surface area contributed by atoms with Crippen molar-refractivity contribution in [1.82, 2.24) is 9.97 Å². The van der Waals surface area contributed by atoms with Crippen molar-refractivity contribution in [3.8, 4) is 29.1 Å². The van der Waals surface area contributed by atoms with Gasteiger partial charge in [0.15, 0.2) is 17.3 Å². The average Bonchev–Trinajstić information content (AvgIpc) is 4.13. The van der Waals surface area contributed by atoms with Crippen LogP contribution >= 0.6 is 0 Å². The molecule has 0 amide bonds. The summed E-state index contributed by atoms with van der Waals surface area (Å²) in [5.41, 5.74) is 7.21. The number of aryl methyl sites for hydroxylation is 2. The van der Waals surface area contributed by atoms with Crippen LogP contribution < -0.4 is 9.72 Å². The van der Waals surface area contributed by atoms with Crippen molar-refractivity contribution in [1.29, 1.82) is 0 Å². The number of phenolic OH excluding ortho intramolecular Hbond substituents is 2. The lowest BCUT2D eigenvalue weighted by Gasteiger charge is -2.42. The number of ketones is 2. The van der Waals surface area contributed by atoms with E-state index in [1.807, 2.05) is 48.7 Å². The Labute approximate surface area is 402 Å². The number of aliphatic hydroxyl groups is 3. The maximum Gasteiger partial charge on any atom is 0.161 e. The number of H-pyrrole nitrogens is 1. The number of hydrogen-bond donors (Lipinski definition) is 6. The molecule has 8 unspecified atom stereocenters. The fraction of sp³-hybridized carbons (Fsp3) is 0.379. The Balaban J connectivity index is 1.08. The summed E-state index contributed by atoms with van der Waals surface area (Å²) in [5.74, 6) is 3.46. The Bertz CT molecular complexity index is 2980. The number of benzene rings is 3. The summed E-state index contributed by atoms with van der Waals surface area (Å²) in [7, 11) is 0. The number of aromatic amines is 1. The molecule has 4 aliphatic carbocycles. The van der Waals surface area contributed by atoms with E-state index in [-0.39, 0.29) is 67.3 Å². The predicted molar refractivity (Wildman–Crippen MR) is 262 cm³/mol. The van der Waals surface area contributed by atoms with Crippen LogP contribution in [-0.2, 0) is 28.9 Å². The lowest BCUT2D eigenvalue weighted by atomic mass is 9.65. The van der Waals surface area contributed by atoms with Crippen LogP contribution in [0.15, 0.2) is 96.9 Å². The molecule has 2 aromatic heterocycles. The number of hydrogen-bond acceptors (Lipinski definition) is 8. The van der Waals surface area contributed by atoms with Crippen LogP contribution in [-0.4, -0.2) is 72.5 Å². The largest absolute Gasteiger partial charge is 0.664 e. The van der Waals surface area contributed by atoms with E-state index in [1.54, 1.807) is 30.5 Å². The van der Waals surface area contributed by atoms with E-state index >= 15 is 4.79 Å². The van der Waals surface area contributed by atoms with Gasteiger partial charge in [-0.05, 0) is 115 Å². The second-order valence-corrected chi connectivity index (χ2v) is 20.0. The standard InChI is InChI=1S/C58H57N3O8/c62-26-21-44-52(65)16-12-34-28-36(55(66)53(30-34)69-37-6-1-2-7-37)27-33-11-13-39-42-15-14-40(45(39)29-33)43-20-25-60-57(43)61-48(8-4-10-51(42)64)46-31-49-41(19-24-59-49)47(54(46)56(44)67)32-58(68)22-17-35-5-3-9-50(63)38(35)18-23-58/h3,5,9,11,13-15,18-20,23-25,28-31,37,40,42,44,47-48,51,54,60,62-64,66,68H,1-2,6-7,10,12,16-17,21-22,26-27,32H2/q-2. The highest BCUT2D eigenvalue weighted by Gasteiger charge is 2.45. The highest BCUT2D eigenvalue weighted by molar-refractivity contribution is 6.05. The number of nitrogens with zero attached hydrogens (tertiary/aromatic N) is 2. The Morgan fingerprint density at radius 1 is 0.899 bits per heavy atom. The molecule has 8 atom stereocenters. The molecule has 11 nitrogen and oxygen atoms in total. The van der Waals surface area contributed by atoms with Crippen molar-refractivity contribution in [2.45, 2.75) is 119 Å². The second-order valence-electron chi connectivity index (χ2n) is 20.0. The number of nitrogens with one attached hydrogen (secondary N) is 1. The van der Waals surface area contributed by atoms with Gasteiger partial charge in [0, 0.05) is 60.8 Å². The molecule has 5 heterocycles. The molecule has 354 valence electrons. The first-order chi connectivity index (χ1) is 33.5. The SMILES string of the molecule is O=C1CCc2cc(c(O)c(OC3CCCC3)c2)Cc2ccc3c(c2)C2C=CC3C(O)CC#CC([N-]c3[nH]ccc32)C2=Cc3[n-]ccc3C(CC3(O)C=Cc4c(O)cccc4CC3)C2C(=O)C1CCO. The molecule has 11 heteroatoms. The Hall–Kier alpha value is -6.58. The summed E-state index contributed by atoms with van der Waals surface area (Å²) >= 11 is 0. The number of aromatic hydroxyl groups is 2. The van der Waals surface area contributed by atoms with Gasteiger partial charge in [0.1, 0.15) is 11.5 Å². The third-order valence-electron chi connectivity index (χ3n) is 15.7. The number of ether oxygens (including phenoxy) is 1. The van der Waals surface area contributed by atoms with Gasteiger partial charge in [-0.15, -0.1) is 11.6 Å². The zero-order chi connectivity index (χ0) is 47.4. The van der Waals surface area contributed by atoms with Crippen molar-refractivity contribution in [3.05, 3.63) is 158 Å². The van der Waals surface area contributed by atoms with Crippen LogP contribution in [0.25, 0.3) is 17.5 Å². The number of fused-ring (bicyclic) bond motifs is 8. The zero-order valence-corrected chi connectivity index (χ0v) is 38.5. The number of allylic oxidation sites excluding steroid dienone is 1. The van der Waals surface area contributed by atoms with E-state index in [4.69, 9.17) is 15.0 Å². The van der Waals surface area contributed by atoms with Gasteiger partial charge < -0.3 is 45.6 Å². The molecule has 3 aromatic carbocycles. The van der Waals surface area contributed by atoms with Crippen LogP contribution in [0.5, 0.6) is 17.2 Å². The van der Waals surface area contributed by atoms with Gasteiger partial charge in [0.25, 0.3) is 0 Å². The molecule has 69 heavy (non-hydrogen) atoms. The molecule has 0 spiro atoms. The van der Waals surface area contributed by atoms with E-state index in [1.165, 1.54) is 0 Å². The molecule has 3 aliphatic heterocycles. The van der Waals surface area contributed by atoms with Gasteiger partial charge >= 0.3 is 0 Å². The van der Waals surface area contributed by atoms with Gasteiger partial charge in [-0.25, -0.2) is 0 Å². The first-order valence-electron chi connectivity index (χ1n) is 24.6. The number of aromatic nitrogens is 2. The van der Waals surface area contributed by atoms with Gasteiger partial charge in [0.2, 0.25) is 0 Å². The van der Waals surface area contributed by atoms with Gasteiger partial charge in [-0.1, -0.05) is 102 Å². The fourth-order valence-electron chi connectivity index (χ4n) is 12.1. The molecule has 0 saturated heterocycles. The Morgan fingerprint density at radius 2 is 1.77 bits per heavy atom. The zero-order valence-electron chi connectivity index (χ0n) is 38.5. The molecule has 5 aromatic rings. The van der Waals surface area contributed by atoms with Crippen LogP contribution in [0.3, 0.4) is 0 Å². The lowest BCUT2D eigenvalue weighted by molar-refractivity contribution is -0.135. The highest BCUT2D eigenvalue weighted by atomic mass is 16.5. The molecule has 1 saturated carbocycles. The molecule has 12 rings (SSSR count). The Morgan fingerprint density at radius 3 is 2.62 bits per heavy atom. The number of rotatable bonds is 6. The number of Topliss-reactive ketones (excluding diaryl/α,β-unsaturated/α-hetero) is 2. The van der Waals surface area contributed by atoms with Gasteiger partial charge in [-0.2, -0.15) is 6.20 Å². The van der Waals surface area contributed by atoms with Crippen molar-refractivity contribution in [2.75, 3.05) is 6.61 Å². The maximum atomic E-state index is 15.9. The van der Waals surface area contributed by atoms with Crippen molar-refractivity contribution in [3.63, 3.8) is 0 Å². The van der Waals surface area contributed by atoms with Crippen molar-refractivity contribution >= 4 is 29.5 Å². The van der Waals surface area contributed by atoms with E-state index in [0.29, 0.717) is 53.2 Å². The first kappa shape index (κ1) is 44.9. The van der Waals surface area contributed by atoms with Crippen LogP contribution in [0.2, 0.25) is 0 Å². The summed E-state index contributed by atoms with van der Waals surface area (Å²) in [6.45, 7) is -0.410. The minimum absolute atomic E-state index is 0.0108. The molecular weight excluding hydrogens is 867 g/mol. The minimum atomic E-state index is -1.45. The van der Waals surface area contributed by atoms with Crippen molar-refractivity contribution in [2.24, 2.45) is 11.8 Å². The monoisotopic (exact) mass is 923 g/mol. The van der Waals surface area contributed by atoms with E-state index in [0.717, 1.165) is 64.6 Å². The number of carbonyl (C=O) groups excluding carboxylic acids is 2. The summed E-state index contributed by atoms with van der Waals surface area (Å²) in [6, 6.07) is 18.3. The highest BCUT2D eigenvalue weighted by Crippen LogP contribution is 2.51. The minimum Gasteiger partial charge on any atom is -0.664 e. The lowest BCUT2D eigenvalue weighted by Crippen LogP contribution is -2.41. The number of carbonyl (C=O) groups is 2. The molecular formula is C58H57N3O8-2. The van der Waals surface area contributed by atoms with Crippen LogP contribution in [0.1, 0.15) is 131 Å². The molecule has 7 aliphatic rings. The van der Waals surface area contributed by atoms with Gasteiger partial charge in [-0.3, -0.25) is 9.59 Å². The summed E-state index contributed by atoms with van der Waals surface area (Å²) in [6.07, 6.45) is 17.5. The summed E-state index contributed by atoms with van der Waals surface area (Å²) < 4.78 is 6.50. The quantitative estimate of drug-likeness (QED) is 0.0549. The van der Waals surface area contributed by atoms with Gasteiger partial charge in [0.05, 0.1) is 23.7 Å². The van der Waals surface area contributed by atoms with Crippen molar-refractivity contribution < 1.29 is 39.9 Å². The maximum absolute atomic E-state index is 15.9. The molecule has 7 bridgehead atoms. The van der Waals surface area contributed by atoms with Crippen LogP contribution in [0, 0.1) is 23.7 Å². The summed E-state index contributed by atoms with van der Waals surface area (Å²) in [4.78, 5) is 38.9. The smallest absolute Gasteiger partial charge is 0.161 e. The number of aliphatic hydroxyl groups excluding tert-OH is 2.